The molecule has 7 heteroatoms. The first-order chi connectivity index (χ1) is 11.7. The fourth-order valence-corrected chi connectivity index (χ4v) is 3.44. The summed E-state index contributed by atoms with van der Waals surface area (Å²) in [6, 6.07) is 5.92. The molecule has 0 saturated carbocycles. The lowest BCUT2D eigenvalue weighted by molar-refractivity contribution is 0.0738. The number of H-pyrrole nitrogens is 1. The zero-order valence-electron chi connectivity index (χ0n) is 13.9. The number of anilines is 1. The molecule has 4 heterocycles. The molecule has 2 aromatic rings. The highest BCUT2D eigenvalue weighted by atomic mass is 16.2. The van der Waals surface area contributed by atoms with Crippen molar-refractivity contribution in [1.82, 2.24) is 25.0 Å². The minimum absolute atomic E-state index is 0.0449. The lowest BCUT2D eigenvalue weighted by Gasteiger charge is -2.35. The monoisotopic (exact) mass is 326 g/mol. The summed E-state index contributed by atoms with van der Waals surface area (Å²) in [5.41, 5.74) is 2.78. The van der Waals surface area contributed by atoms with Gasteiger partial charge in [-0.05, 0) is 19.2 Å². The van der Waals surface area contributed by atoms with Crippen molar-refractivity contribution >= 4 is 11.7 Å². The van der Waals surface area contributed by atoms with Crippen LogP contribution in [0.1, 0.15) is 21.7 Å². The van der Waals surface area contributed by atoms with E-state index in [-0.39, 0.29) is 5.91 Å². The van der Waals surface area contributed by atoms with Crippen molar-refractivity contribution in [3.63, 3.8) is 0 Å². The SMILES string of the molecule is CN1CCc2[nH]nc(C(=O)N3CCN(c4ccccn4)CC3)c2C1. The molecule has 2 aromatic heterocycles. The van der Waals surface area contributed by atoms with Crippen LogP contribution in [0.2, 0.25) is 0 Å². The number of likely N-dealkylation sites (N-methyl/N-ethyl adjacent to an activating group) is 1. The van der Waals surface area contributed by atoms with Gasteiger partial charge in [0.1, 0.15) is 5.82 Å². The summed E-state index contributed by atoms with van der Waals surface area (Å²) in [6.45, 7) is 4.80. The molecule has 0 atom stereocenters. The first-order valence-corrected chi connectivity index (χ1v) is 8.42. The third-order valence-corrected chi connectivity index (χ3v) is 4.87. The molecule has 1 N–H and O–H groups in total. The van der Waals surface area contributed by atoms with Crippen molar-refractivity contribution < 1.29 is 4.79 Å². The third-order valence-electron chi connectivity index (χ3n) is 4.87. The topological polar surface area (TPSA) is 68.4 Å². The second-order valence-corrected chi connectivity index (χ2v) is 6.48. The van der Waals surface area contributed by atoms with Crippen LogP contribution >= 0.6 is 0 Å². The van der Waals surface area contributed by atoms with Crippen LogP contribution in [0.25, 0.3) is 0 Å². The van der Waals surface area contributed by atoms with Crippen LogP contribution in [0, 0.1) is 0 Å². The summed E-state index contributed by atoms with van der Waals surface area (Å²) >= 11 is 0. The molecule has 1 fully saturated rings. The normalized spacial score (nSPS) is 18.5. The van der Waals surface area contributed by atoms with E-state index in [4.69, 9.17) is 0 Å². The summed E-state index contributed by atoms with van der Waals surface area (Å²) in [5.74, 6) is 1.02. The van der Waals surface area contributed by atoms with Crippen molar-refractivity contribution in [2.24, 2.45) is 0 Å². The third kappa shape index (κ3) is 2.75. The van der Waals surface area contributed by atoms with Crippen molar-refractivity contribution in [1.29, 1.82) is 0 Å². The average molecular weight is 326 g/mol. The number of hydrogen-bond donors (Lipinski definition) is 1. The van der Waals surface area contributed by atoms with Crippen molar-refractivity contribution in [2.75, 3.05) is 44.7 Å². The molecule has 0 aromatic carbocycles. The van der Waals surface area contributed by atoms with Crippen LogP contribution in [0.5, 0.6) is 0 Å². The number of aromatic amines is 1. The summed E-state index contributed by atoms with van der Waals surface area (Å²) in [7, 11) is 2.08. The van der Waals surface area contributed by atoms with Gasteiger partial charge < -0.3 is 14.7 Å². The Morgan fingerprint density at radius 3 is 2.75 bits per heavy atom. The van der Waals surface area contributed by atoms with Gasteiger partial charge in [-0.2, -0.15) is 5.10 Å². The van der Waals surface area contributed by atoms with E-state index < -0.39 is 0 Å². The molecule has 0 aliphatic carbocycles. The Hall–Kier alpha value is -2.41. The second kappa shape index (κ2) is 6.24. The van der Waals surface area contributed by atoms with Crippen LogP contribution in [-0.4, -0.2) is 70.7 Å². The molecule has 1 saturated heterocycles. The Morgan fingerprint density at radius 1 is 1.17 bits per heavy atom. The molecule has 7 nitrogen and oxygen atoms in total. The Labute approximate surface area is 141 Å². The summed E-state index contributed by atoms with van der Waals surface area (Å²) in [6.07, 6.45) is 2.74. The van der Waals surface area contributed by atoms with E-state index in [1.807, 2.05) is 23.1 Å². The highest BCUT2D eigenvalue weighted by Gasteiger charge is 2.29. The molecule has 2 aliphatic heterocycles. The number of aromatic nitrogens is 3. The summed E-state index contributed by atoms with van der Waals surface area (Å²) in [4.78, 5) is 23.6. The minimum atomic E-state index is 0.0449. The number of amides is 1. The maximum Gasteiger partial charge on any atom is 0.274 e. The van der Waals surface area contributed by atoms with Crippen molar-refractivity contribution in [3.8, 4) is 0 Å². The van der Waals surface area contributed by atoms with Gasteiger partial charge in [-0.1, -0.05) is 6.07 Å². The van der Waals surface area contributed by atoms with Gasteiger partial charge in [0.25, 0.3) is 5.91 Å². The zero-order valence-corrected chi connectivity index (χ0v) is 13.9. The zero-order chi connectivity index (χ0) is 16.5. The van der Waals surface area contributed by atoms with E-state index >= 15 is 0 Å². The van der Waals surface area contributed by atoms with Gasteiger partial charge in [0.05, 0.1) is 0 Å². The van der Waals surface area contributed by atoms with E-state index in [1.54, 1.807) is 6.20 Å². The van der Waals surface area contributed by atoms with Crippen molar-refractivity contribution in [2.45, 2.75) is 13.0 Å². The Morgan fingerprint density at radius 2 is 2.00 bits per heavy atom. The maximum absolute atomic E-state index is 12.9. The first kappa shape index (κ1) is 15.1. The molecular weight excluding hydrogens is 304 g/mol. The second-order valence-electron chi connectivity index (χ2n) is 6.48. The number of carbonyl (C=O) groups excluding carboxylic acids is 1. The minimum Gasteiger partial charge on any atom is -0.353 e. The summed E-state index contributed by atoms with van der Waals surface area (Å²) < 4.78 is 0. The molecular formula is C17H22N6O. The molecule has 4 rings (SSSR count). The first-order valence-electron chi connectivity index (χ1n) is 8.42. The highest BCUT2D eigenvalue weighted by Crippen LogP contribution is 2.21. The Bertz CT molecular complexity index is 720. The molecule has 0 radical (unpaired) electrons. The van der Waals surface area contributed by atoms with Crippen LogP contribution in [-0.2, 0) is 13.0 Å². The Kier molecular flexibility index (Phi) is 3.93. The molecule has 1 amide bonds. The number of hydrogen-bond acceptors (Lipinski definition) is 5. The molecule has 24 heavy (non-hydrogen) atoms. The van der Waals surface area contributed by atoms with Crippen LogP contribution in [0.15, 0.2) is 24.4 Å². The highest BCUT2D eigenvalue weighted by molar-refractivity contribution is 5.94. The number of nitrogens with zero attached hydrogens (tertiary/aromatic N) is 5. The van der Waals surface area contributed by atoms with Gasteiger partial charge in [-0.25, -0.2) is 4.98 Å². The van der Waals surface area contributed by atoms with Crippen LogP contribution in [0.4, 0.5) is 5.82 Å². The number of nitrogens with one attached hydrogen (secondary N) is 1. The number of fused-ring (bicyclic) bond motifs is 1. The van der Waals surface area contributed by atoms with E-state index in [0.29, 0.717) is 18.8 Å². The number of rotatable bonds is 2. The fourth-order valence-electron chi connectivity index (χ4n) is 3.44. The van der Waals surface area contributed by atoms with E-state index in [9.17, 15) is 4.79 Å². The van der Waals surface area contributed by atoms with Gasteiger partial charge in [0, 0.05) is 63.1 Å². The van der Waals surface area contributed by atoms with E-state index in [1.165, 1.54) is 0 Å². The quantitative estimate of drug-likeness (QED) is 0.882. The predicted molar refractivity (Wildman–Crippen MR) is 91.0 cm³/mol. The van der Waals surface area contributed by atoms with E-state index in [0.717, 1.165) is 49.7 Å². The molecule has 0 bridgehead atoms. The molecule has 126 valence electrons. The molecule has 0 spiro atoms. The Balaban J connectivity index is 1.45. The standard InChI is InChI=1S/C17H22N6O/c1-21-7-5-14-13(12-21)16(20-19-14)17(24)23-10-8-22(9-11-23)15-4-2-3-6-18-15/h2-4,6H,5,7-12H2,1H3,(H,19,20). The number of carbonyl (C=O) groups is 1. The average Bonchev–Trinajstić information content (AvgIpc) is 3.05. The molecule has 2 aliphatic rings. The van der Waals surface area contributed by atoms with Crippen molar-refractivity contribution in [3.05, 3.63) is 41.3 Å². The largest absolute Gasteiger partial charge is 0.353 e. The van der Waals surface area contributed by atoms with Gasteiger partial charge in [0.15, 0.2) is 5.69 Å². The van der Waals surface area contributed by atoms with Gasteiger partial charge in [0.2, 0.25) is 0 Å². The van der Waals surface area contributed by atoms with Crippen LogP contribution in [0.3, 0.4) is 0 Å². The number of pyridine rings is 1. The fraction of sp³-hybridized carbons (Fsp3) is 0.471. The smallest absolute Gasteiger partial charge is 0.274 e. The number of piperazine rings is 1. The maximum atomic E-state index is 12.9. The molecule has 0 unspecified atom stereocenters. The lowest BCUT2D eigenvalue weighted by atomic mass is 10.1. The van der Waals surface area contributed by atoms with Gasteiger partial charge >= 0.3 is 0 Å². The van der Waals surface area contributed by atoms with Crippen LogP contribution < -0.4 is 4.90 Å². The van der Waals surface area contributed by atoms with Gasteiger partial charge in [-0.15, -0.1) is 0 Å². The van der Waals surface area contributed by atoms with E-state index in [2.05, 4.69) is 32.0 Å². The van der Waals surface area contributed by atoms with Gasteiger partial charge in [-0.3, -0.25) is 9.89 Å². The summed E-state index contributed by atoms with van der Waals surface area (Å²) in [5, 5.41) is 7.37. The lowest BCUT2D eigenvalue weighted by Crippen LogP contribution is -2.49. The predicted octanol–water partition coefficient (Wildman–Crippen LogP) is 0.755.